The van der Waals surface area contributed by atoms with Crippen LogP contribution in [0.2, 0.25) is 0 Å². The Kier molecular flexibility index (Phi) is 2.56. The van der Waals surface area contributed by atoms with E-state index in [0.717, 1.165) is 10.9 Å². The molecule has 1 aromatic carbocycles. The summed E-state index contributed by atoms with van der Waals surface area (Å²) in [6, 6.07) is 3.30. The second-order valence-corrected chi connectivity index (χ2v) is 3.46. The number of methoxy groups -OCH3 is 2. The van der Waals surface area contributed by atoms with E-state index in [0.29, 0.717) is 16.9 Å². The normalized spacial score (nSPS) is 10.4. The molecule has 1 heterocycles. The Morgan fingerprint density at radius 2 is 2.06 bits per heavy atom. The Balaban J connectivity index is 2.69. The lowest BCUT2D eigenvalue weighted by atomic mass is 10.1. The first-order valence-corrected chi connectivity index (χ1v) is 4.81. The van der Waals surface area contributed by atoms with Crippen molar-refractivity contribution in [3.8, 4) is 5.75 Å². The zero-order chi connectivity index (χ0) is 11.7. The minimum Gasteiger partial charge on any atom is -0.496 e. The summed E-state index contributed by atoms with van der Waals surface area (Å²) in [5.41, 5.74) is 2.02. The number of rotatable bonds is 2. The van der Waals surface area contributed by atoms with Gasteiger partial charge in [-0.1, -0.05) is 0 Å². The summed E-state index contributed by atoms with van der Waals surface area (Å²) in [6.45, 7) is 1.92. The molecule has 0 unspecified atom stereocenters. The zero-order valence-electron chi connectivity index (χ0n) is 9.37. The van der Waals surface area contributed by atoms with E-state index < -0.39 is 5.97 Å². The van der Waals surface area contributed by atoms with E-state index in [1.165, 1.54) is 7.11 Å². The molecule has 84 valence electrons. The number of aryl methyl sites for hydroxylation is 1. The summed E-state index contributed by atoms with van der Waals surface area (Å²) in [6.07, 6.45) is 1.63. The van der Waals surface area contributed by atoms with E-state index in [1.807, 2.05) is 6.92 Å². The first-order valence-electron chi connectivity index (χ1n) is 4.81. The molecule has 1 aromatic heterocycles. The average Bonchev–Trinajstić information content (AvgIpc) is 2.69. The highest BCUT2D eigenvalue weighted by atomic mass is 16.5. The molecule has 0 N–H and O–H groups in total. The summed E-state index contributed by atoms with van der Waals surface area (Å²) >= 11 is 0. The summed E-state index contributed by atoms with van der Waals surface area (Å²) in [5, 5.41) is 0.884. The summed E-state index contributed by atoms with van der Waals surface area (Å²) in [4.78, 5) is 11.4. The molecule has 2 rings (SSSR count). The highest BCUT2D eigenvalue weighted by molar-refractivity contribution is 5.97. The van der Waals surface area contributed by atoms with Gasteiger partial charge in [-0.3, -0.25) is 0 Å². The molecule has 0 spiro atoms. The molecule has 2 aromatic rings. The predicted octanol–water partition coefficient (Wildman–Crippen LogP) is 2.54. The minimum atomic E-state index is -0.408. The lowest BCUT2D eigenvalue weighted by Crippen LogP contribution is -2.01. The topological polar surface area (TPSA) is 48.7 Å². The van der Waals surface area contributed by atoms with Gasteiger partial charge in [0.2, 0.25) is 0 Å². The van der Waals surface area contributed by atoms with Crippen LogP contribution in [-0.2, 0) is 4.74 Å². The molecule has 0 aliphatic heterocycles. The van der Waals surface area contributed by atoms with Crippen molar-refractivity contribution in [3.05, 3.63) is 29.5 Å². The number of hydrogen-bond donors (Lipinski definition) is 0. The molecular formula is C12H12O4. The quantitative estimate of drug-likeness (QED) is 0.730. The number of furan rings is 1. The molecule has 0 aliphatic carbocycles. The van der Waals surface area contributed by atoms with Crippen LogP contribution in [0.5, 0.6) is 5.75 Å². The maximum atomic E-state index is 11.4. The molecule has 16 heavy (non-hydrogen) atoms. The van der Waals surface area contributed by atoms with Crippen molar-refractivity contribution in [1.29, 1.82) is 0 Å². The van der Waals surface area contributed by atoms with E-state index in [4.69, 9.17) is 9.15 Å². The van der Waals surface area contributed by atoms with Gasteiger partial charge in [0.1, 0.15) is 11.3 Å². The third kappa shape index (κ3) is 1.52. The number of carbonyl (C=O) groups is 1. The number of benzene rings is 1. The van der Waals surface area contributed by atoms with Crippen LogP contribution in [0.15, 0.2) is 22.8 Å². The first kappa shape index (κ1) is 10.5. The fourth-order valence-electron chi connectivity index (χ4n) is 1.68. The Bertz CT molecular complexity index is 539. The number of ether oxygens (including phenoxy) is 2. The van der Waals surface area contributed by atoms with Gasteiger partial charge in [-0.25, -0.2) is 4.79 Å². The van der Waals surface area contributed by atoms with Crippen LogP contribution in [0.1, 0.15) is 15.9 Å². The highest BCUT2D eigenvalue weighted by Crippen LogP contribution is 2.31. The van der Waals surface area contributed by atoms with E-state index in [1.54, 1.807) is 25.5 Å². The lowest BCUT2D eigenvalue weighted by Gasteiger charge is -2.05. The Morgan fingerprint density at radius 1 is 1.31 bits per heavy atom. The smallest absolute Gasteiger partial charge is 0.338 e. The molecule has 0 saturated heterocycles. The van der Waals surface area contributed by atoms with Crippen molar-refractivity contribution in [3.63, 3.8) is 0 Å². The molecule has 4 heteroatoms. The van der Waals surface area contributed by atoms with Crippen LogP contribution < -0.4 is 4.74 Å². The molecular weight excluding hydrogens is 208 g/mol. The van der Waals surface area contributed by atoms with Gasteiger partial charge in [-0.05, 0) is 24.6 Å². The van der Waals surface area contributed by atoms with Crippen molar-refractivity contribution in [2.24, 2.45) is 0 Å². The number of fused-ring (bicyclic) bond motifs is 1. The lowest BCUT2D eigenvalue weighted by molar-refractivity contribution is 0.0600. The summed E-state index contributed by atoms with van der Waals surface area (Å²) in [5.74, 6) is 0.207. The molecule has 4 nitrogen and oxygen atoms in total. The van der Waals surface area contributed by atoms with Crippen LogP contribution >= 0.6 is 0 Å². The Labute approximate surface area is 92.8 Å². The first-order chi connectivity index (χ1) is 7.67. The monoisotopic (exact) mass is 220 g/mol. The number of carbonyl (C=O) groups excluding carboxylic acids is 1. The standard InChI is InChI=1S/C12H12O4/c1-7-6-16-10-5-8(12(13)15-3)4-9(14-2)11(7)10/h4-6H,1-3H3. The molecule has 0 aliphatic rings. The maximum absolute atomic E-state index is 11.4. The zero-order valence-corrected chi connectivity index (χ0v) is 9.37. The fraction of sp³-hybridized carbons (Fsp3) is 0.250. The van der Waals surface area contributed by atoms with Crippen molar-refractivity contribution in [1.82, 2.24) is 0 Å². The van der Waals surface area contributed by atoms with Gasteiger partial charge in [-0.15, -0.1) is 0 Å². The SMILES string of the molecule is COC(=O)c1cc(OC)c2c(C)coc2c1. The van der Waals surface area contributed by atoms with Gasteiger partial charge in [0.05, 0.1) is 31.4 Å². The van der Waals surface area contributed by atoms with Crippen molar-refractivity contribution < 1.29 is 18.7 Å². The molecule has 0 saturated carbocycles. The van der Waals surface area contributed by atoms with Crippen LogP contribution in [0.25, 0.3) is 11.0 Å². The van der Waals surface area contributed by atoms with Crippen LogP contribution in [0.3, 0.4) is 0 Å². The van der Waals surface area contributed by atoms with Crippen LogP contribution in [0.4, 0.5) is 0 Å². The van der Waals surface area contributed by atoms with E-state index in [-0.39, 0.29) is 0 Å². The fourth-order valence-corrected chi connectivity index (χ4v) is 1.68. The van der Waals surface area contributed by atoms with Gasteiger partial charge >= 0.3 is 5.97 Å². The highest BCUT2D eigenvalue weighted by Gasteiger charge is 2.14. The number of hydrogen-bond acceptors (Lipinski definition) is 4. The van der Waals surface area contributed by atoms with Crippen LogP contribution in [-0.4, -0.2) is 20.2 Å². The van der Waals surface area contributed by atoms with Gasteiger partial charge in [-0.2, -0.15) is 0 Å². The minimum absolute atomic E-state index is 0.408. The van der Waals surface area contributed by atoms with Gasteiger partial charge in [0.25, 0.3) is 0 Å². The molecule has 0 radical (unpaired) electrons. The molecule has 0 atom stereocenters. The summed E-state index contributed by atoms with van der Waals surface area (Å²) < 4.78 is 15.2. The van der Waals surface area contributed by atoms with E-state index >= 15 is 0 Å². The third-order valence-corrected chi connectivity index (χ3v) is 2.46. The van der Waals surface area contributed by atoms with Crippen molar-refractivity contribution in [2.75, 3.05) is 14.2 Å². The van der Waals surface area contributed by atoms with Crippen LogP contribution in [0, 0.1) is 6.92 Å². The van der Waals surface area contributed by atoms with E-state index in [2.05, 4.69) is 4.74 Å². The van der Waals surface area contributed by atoms with Gasteiger partial charge in [0.15, 0.2) is 0 Å². The molecule has 0 amide bonds. The Hall–Kier alpha value is -1.97. The van der Waals surface area contributed by atoms with Crippen molar-refractivity contribution in [2.45, 2.75) is 6.92 Å². The third-order valence-electron chi connectivity index (χ3n) is 2.46. The molecule has 0 fully saturated rings. The number of esters is 1. The second kappa shape index (κ2) is 3.89. The van der Waals surface area contributed by atoms with Gasteiger partial charge < -0.3 is 13.9 Å². The van der Waals surface area contributed by atoms with Gasteiger partial charge in [0, 0.05) is 0 Å². The largest absolute Gasteiger partial charge is 0.496 e. The summed E-state index contributed by atoms with van der Waals surface area (Å²) in [7, 11) is 2.90. The molecule has 0 bridgehead atoms. The average molecular weight is 220 g/mol. The van der Waals surface area contributed by atoms with Crippen molar-refractivity contribution >= 4 is 16.9 Å². The Morgan fingerprint density at radius 3 is 2.69 bits per heavy atom. The van der Waals surface area contributed by atoms with E-state index in [9.17, 15) is 4.79 Å². The predicted molar refractivity (Wildman–Crippen MR) is 58.8 cm³/mol. The maximum Gasteiger partial charge on any atom is 0.338 e. The second-order valence-electron chi connectivity index (χ2n) is 3.46.